The number of amides is 1. The number of Topliss-reactive ketones (excluding diaryl/α,β-unsaturated/α-hetero) is 1. The number of carbonyl (C=O) groups excluding carboxylic acids is 2. The molecule has 0 radical (unpaired) electrons. The Morgan fingerprint density at radius 3 is 2.56 bits per heavy atom. The van der Waals surface area contributed by atoms with Crippen molar-refractivity contribution < 1.29 is 28.9 Å². The molecule has 2 atom stereocenters. The zero-order valence-corrected chi connectivity index (χ0v) is 25.2. The minimum atomic E-state index is -0.756. The molecule has 0 aromatic heterocycles. The number of ketones is 1. The highest BCUT2D eigenvalue weighted by Crippen LogP contribution is 2.43. The van der Waals surface area contributed by atoms with E-state index in [1.54, 1.807) is 18.1 Å². The maximum absolute atomic E-state index is 13.5. The van der Waals surface area contributed by atoms with Crippen LogP contribution in [0.5, 0.6) is 17.2 Å². The Labute approximate surface area is 243 Å². The highest BCUT2D eigenvalue weighted by atomic mass is 16.5. The molecule has 1 saturated heterocycles. The second kappa shape index (κ2) is 13.4. The maximum Gasteiger partial charge on any atom is 0.295 e. The Bertz CT molecular complexity index is 1280. The smallest absolute Gasteiger partial charge is 0.295 e. The fourth-order valence-electron chi connectivity index (χ4n) is 5.56. The molecule has 0 aliphatic carbocycles. The van der Waals surface area contributed by atoms with Gasteiger partial charge in [-0.15, -0.1) is 0 Å². The molecule has 1 N–H and O–H groups in total. The molecule has 0 saturated carbocycles. The summed E-state index contributed by atoms with van der Waals surface area (Å²) in [5.41, 5.74) is 2.23. The van der Waals surface area contributed by atoms with Gasteiger partial charge in [-0.1, -0.05) is 33.8 Å². The van der Waals surface area contributed by atoms with Crippen molar-refractivity contribution in [1.82, 2.24) is 9.80 Å². The maximum atomic E-state index is 13.5. The Morgan fingerprint density at radius 2 is 1.88 bits per heavy atom. The van der Waals surface area contributed by atoms with Crippen molar-refractivity contribution in [1.29, 1.82) is 0 Å². The number of ether oxygens (including phenoxy) is 3. The van der Waals surface area contributed by atoms with Crippen LogP contribution in [0.4, 0.5) is 0 Å². The summed E-state index contributed by atoms with van der Waals surface area (Å²) in [5, 5.41) is 11.6. The van der Waals surface area contributed by atoms with E-state index in [1.807, 2.05) is 37.3 Å². The van der Waals surface area contributed by atoms with Crippen molar-refractivity contribution >= 4 is 17.4 Å². The standard InChI is InChI=1S/C33H44N2O6/c1-7-34(8-2)15-9-16-35-30(23-10-13-27(28(20-23)39-6)40-17-14-21(3)4)29(32(37)33(35)38)31(36)24-11-12-26-25(19-24)18-22(5)41-26/h10-13,19-22,30,36H,7-9,14-18H2,1-6H3/b31-29+/t22-,30-/m0/s1. The van der Waals surface area contributed by atoms with Crippen LogP contribution in [0.3, 0.4) is 0 Å². The summed E-state index contributed by atoms with van der Waals surface area (Å²) in [6.45, 7) is 14.0. The predicted molar refractivity (Wildman–Crippen MR) is 160 cm³/mol. The predicted octanol–water partition coefficient (Wildman–Crippen LogP) is 5.60. The van der Waals surface area contributed by atoms with Crippen LogP contribution in [0.25, 0.3) is 5.76 Å². The topological polar surface area (TPSA) is 88.5 Å². The number of aliphatic hydroxyl groups excluding tert-OH is 1. The van der Waals surface area contributed by atoms with Crippen LogP contribution in [0.2, 0.25) is 0 Å². The lowest BCUT2D eigenvalue weighted by molar-refractivity contribution is -0.140. The number of rotatable bonds is 13. The lowest BCUT2D eigenvalue weighted by Crippen LogP contribution is -2.33. The summed E-state index contributed by atoms with van der Waals surface area (Å²) in [4.78, 5) is 30.9. The van der Waals surface area contributed by atoms with Gasteiger partial charge in [-0.2, -0.15) is 0 Å². The average Bonchev–Trinajstić information content (AvgIpc) is 3.45. The third-order valence-electron chi connectivity index (χ3n) is 7.93. The van der Waals surface area contributed by atoms with Gasteiger partial charge in [-0.05, 0) is 86.8 Å². The molecule has 1 amide bonds. The van der Waals surface area contributed by atoms with Gasteiger partial charge < -0.3 is 29.1 Å². The Kier molecular flexibility index (Phi) is 9.97. The molecule has 8 heteroatoms. The summed E-state index contributed by atoms with van der Waals surface area (Å²) >= 11 is 0. The summed E-state index contributed by atoms with van der Waals surface area (Å²) in [6.07, 6.45) is 2.37. The van der Waals surface area contributed by atoms with E-state index in [0.29, 0.717) is 48.1 Å². The molecule has 0 unspecified atom stereocenters. The fraction of sp³-hybridized carbons (Fsp3) is 0.515. The number of methoxy groups -OCH3 is 1. The van der Waals surface area contributed by atoms with E-state index in [9.17, 15) is 14.7 Å². The van der Waals surface area contributed by atoms with Gasteiger partial charge in [0.2, 0.25) is 0 Å². The first-order valence-electron chi connectivity index (χ1n) is 14.8. The molecule has 41 heavy (non-hydrogen) atoms. The third-order valence-corrected chi connectivity index (χ3v) is 7.93. The molecule has 2 aromatic rings. The molecule has 1 fully saturated rings. The van der Waals surface area contributed by atoms with E-state index < -0.39 is 17.7 Å². The number of nitrogens with zero attached hydrogens (tertiary/aromatic N) is 2. The van der Waals surface area contributed by atoms with E-state index in [4.69, 9.17) is 14.2 Å². The molecule has 8 nitrogen and oxygen atoms in total. The summed E-state index contributed by atoms with van der Waals surface area (Å²) in [5.74, 6) is 0.928. The summed E-state index contributed by atoms with van der Waals surface area (Å²) in [7, 11) is 1.57. The van der Waals surface area contributed by atoms with E-state index in [0.717, 1.165) is 43.8 Å². The number of carbonyl (C=O) groups is 2. The van der Waals surface area contributed by atoms with Crippen molar-refractivity contribution in [2.45, 2.75) is 66.0 Å². The molecule has 2 heterocycles. The highest BCUT2D eigenvalue weighted by Gasteiger charge is 2.46. The van der Waals surface area contributed by atoms with Crippen molar-refractivity contribution in [3.05, 3.63) is 58.7 Å². The quantitative estimate of drug-likeness (QED) is 0.193. The first-order chi connectivity index (χ1) is 19.7. The molecular formula is C33H44N2O6. The molecule has 2 aromatic carbocycles. The molecule has 0 bridgehead atoms. The Balaban J connectivity index is 1.74. The molecule has 2 aliphatic heterocycles. The van der Waals surface area contributed by atoms with Gasteiger partial charge in [0.05, 0.1) is 25.3 Å². The lowest BCUT2D eigenvalue weighted by atomic mass is 9.94. The second-order valence-electron chi connectivity index (χ2n) is 11.3. The first kappa shape index (κ1) is 30.4. The van der Waals surface area contributed by atoms with Crippen molar-refractivity contribution in [2.75, 3.05) is 39.9 Å². The van der Waals surface area contributed by atoms with E-state index in [-0.39, 0.29) is 17.4 Å². The van der Waals surface area contributed by atoms with Crippen LogP contribution in [-0.4, -0.2) is 72.6 Å². The zero-order valence-electron chi connectivity index (χ0n) is 25.2. The molecular weight excluding hydrogens is 520 g/mol. The SMILES string of the molecule is CCN(CC)CCCN1C(=O)C(=O)/C(=C(/O)c2ccc3c(c2)C[C@H](C)O3)[C@@H]1c1ccc(OCCC(C)C)c(OC)c1. The molecule has 0 spiro atoms. The van der Waals surface area contributed by atoms with Gasteiger partial charge in [-0.3, -0.25) is 9.59 Å². The first-order valence-corrected chi connectivity index (χ1v) is 14.8. The largest absolute Gasteiger partial charge is 0.507 e. The second-order valence-corrected chi connectivity index (χ2v) is 11.3. The van der Waals surface area contributed by atoms with Gasteiger partial charge in [0.1, 0.15) is 17.6 Å². The monoisotopic (exact) mass is 564 g/mol. The number of fused-ring (bicyclic) bond motifs is 1. The molecule has 2 aliphatic rings. The summed E-state index contributed by atoms with van der Waals surface area (Å²) < 4.78 is 17.5. The number of benzene rings is 2. The molecule has 4 rings (SSSR count). The third kappa shape index (κ3) is 6.70. The minimum absolute atomic E-state index is 0.0486. The van der Waals surface area contributed by atoms with Crippen LogP contribution in [0, 0.1) is 5.92 Å². The summed E-state index contributed by atoms with van der Waals surface area (Å²) in [6, 6.07) is 10.1. The van der Waals surface area contributed by atoms with Crippen molar-refractivity contribution in [2.24, 2.45) is 5.92 Å². The minimum Gasteiger partial charge on any atom is -0.507 e. The van der Waals surface area contributed by atoms with Crippen LogP contribution < -0.4 is 14.2 Å². The van der Waals surface area contributed by atoms with E-state index in [1.165, 1.54) is 0 Å². The fourth-order valence-corrected chi connectivity index (χ4v) is 5.56. The van der Waals surface area contributed by atoms with Crippen molar-refractivity contribution in [3.63, 3.8) is 0 Å². The molecule has 222 valence electrons. The van der Waals surface area contributed by atoms with Crippen molar-refractivity contribution in [3.8, 4) is 17.2 Å². The number of hydrogen-bond acceptors (Lipinski definition) is 7. The normalized spacial score (nSPS) is 19.7. The van der Waals surface area contributed by atoms with Gasteiger partial charge in [-0.25, -0.2) is 0 Å². The van der Waals surface area contributed by atoms with Gasteiger partial charge in [0.25, 0.3) is 11.7 Å². The van der Waals surface area contributed by atoms with Crippen LogP contribution in [-0.2, 0) is 16.0 Å². The lowest BCUT2D eigenvalue weighted by Gasteiger charge is -2.27. The number of aliphatic hydroxyl groups is 1. The van der Waals surface area contributed by atoms with E-state index in [2.05, 4.69) is 32.6 Å². The Hall–Kier alpha value is -3.52. The van der Waals surface area contributed by atoms with Gasteiger partial charge in [0.15, 0.2) is 11.5 Å². The highest BCUT2D eigenvalue weighted by molar-refractivity contribution is 6.46. The Morgan fingerprint density at radius 1 is 1.12 bits per heavy atom. The van der Waals surface area contributed by atoms with Gasteiger partial charge >= 0.3 is 0 Å². The van der Waals surface area contributed by atoms with Gasteiger partial charge in [0, 0.05) is 18.5 Å². The van der Waals surface area contributed by atoms with Crippen LogP contribution in [0.1, 0.15) is 70.2 Å². The number of hydrogen-bond donors (Lipinski definition) is 1. The van der Waals surface area contributed by atoms with Crippen LogP contribution in [0.15, 0.2) is 42.0 Å². The number of likely N-dealkylation sites (tertiary alicyclic amines) is 1. The van der Waals surface area contributed by atoms with Crippen LogP contribution >= 0.6 is 0 Å². The zero-order chi connectivity index (χ0) is 29.7. The van der Waals surface area contributed by atoms with E-state index >= 15 is 0 Å². The average molecular weight is 565 g/mol.